The molecule has 3 aliphatic heterocycles. The predicted octanol–water partition coefficient (Wildman–Crippen LogP) is 2.62. The number of halogens is 1. The van der Waals surface area contributed by atoms with E-state index in [2.05, 4.69) is 16.8 Å². The van der Waals surface area contributed by atoms with Gasteiger partial charge in [0.05, 0.1) is 10.8 Å². The maximum atomic E-state index is 13.4. The second-order valence-electron chi connectivity index (χ2n) is 10.2. The van der Waals surface area contributed by atoms with Crippen LogP contribution in [0.25, 0.3) is 0 Å². The smallest absolute Gasteiger partial charge is 0.245 e. The van der Waals surface area contributed by atoms with Crippen LogP contribution in [0.1, 0.15) is 44.1 Å². The number of likely N-dealkylation sites (tertiary alicyclic amines) is 1. The lowest BCUT2D eigenvalue weighted by molar-refractivity contribution is 0.0892. The molecule has 3 fully saturated rings. The highest BCUT2D eigenvalue weighted by molar-refractivity contribution is 7.89. The van der Waals surface area contributed by atoms with Gasteiger partial charge in [-0.05, 0) is 77.2 Å². The molecule has 0 unspecified atom stereocenters. The van der Waals surface area contributed by atoms with Crippen molar-refractivity contribution in [3.8, 4) is 0 Å². The fourth-order valence-corrected chi connectivity index (χ4v) is 9.83. The summed E-state index contributed by atoms with van der Waals surface area (Å²) in [7, 11) is -4.92. The van der Waals surface area contributed by atoms with Crippen molar-refractivity contribution in [3.05, 3.63) is 28.8 Å². The average Bonchev–Trinajstić information content (AvgIpc) is 3.29. The number of hydrogen-bond donors (Lipinski definition) is 0. The molecular formula is C24H39ClN4O4S2. The zero-order valence-corrected chi connectivity index (χ0v) is 23.3. The van der Waals surface area contributed by atoms with Crippen LogP contribution in [0.5, 0.6) is 0 Å². The van der Waals surface area contributed by atoms with Crippen molar-refractivity contribution in [2.24, 2.45) is 0 Å². The van der Waals surface area contributed by atoms with E-state index >= 15 is 0 Å². The minimum atomic E-state index is -3.72. The van der Waals surface area contributed by atoms with Crippen LogP contribution in [-0.2, 0) is 20.0 Å². The minimum absolute atomic E-state index is 0.0662. The Morgan fingerprint density at radius 3 is 2.29 bits per heavy atom. The van der Waals surface area contributed by atoms with Crippen molar-refractivity contribution in [1.29, 1.82) is 0 Å². The van der Waals surface area contributed by atoms with Gasteiger partial charge in [0.15, 0.2) is 0 Å². The van der Waals surface area contributed by atoms with Gasteiger partial charge in [-0.25, -0.2) is 16.8 Å². The summed E-state index contributed by atoms with van der Waals surface area (Å²) in [6, 6.07) is 5.48. The Morgan fingerprint density at radius 2 is 1.63 bits per heavy atom. The Bertz CT molecular complexity index is 1060. The third kappa shape index (κ3) is 6.22. The molecule has 3 saturated heterocycles. The van der Waals surface area contributed by atoms with E-state index in [0.29, 0.717) is 44.1 Å². The van der Waals surface area contributed by atoms with Crippen LogP contribution < -0.4 is 0 Å². The van der Waals surface area contributed by atoms with Gasteiger partial charge < -0.3 is 4.90 Å². The van der Waals surface area contributed by atoms with Crippen LogP contribution >= 0.6 is 11.6 Å². The highest BCUT2D eigenvalue weighted by Crippen LogP contribution is 2.33. The van der Waals surface area contributed by atoms with Gasteiger partial charge >= 0.3 is 0 Å². The summed E-state index contributed by atoms with van der Waals surface area (Å²) in [5.74, 6) is 0.0662. The molecule has 0 bridgehead atoms. The van der Waals surface area contributed by atoms with Gasteiger partial charge in [-0.2, -0.15) is 8.61 Å². The second kappa shape index (κ2) is 11.3. The number of rotatable bonds is 8. The van der Waals surface area contributed by atoms with Crippen molar-refractivity contribution in [1.82, 2.24) is 18.4 Å². The monoisotopic (exact) mass is 546 g/mol. The summed E-state index contributed by atoms with van der Waals surface area (Å²) in [4.78, 5) is 4.98. The maximum absolute atomic E-state index is 13.4. The molecule has 1 aromatic carbocycles. The summed E-state index contributed by atoms with van der Waals surface area (Å²) >= 11 is 6.26. The molecule has 0 amide bonds. The molecule has 0 aromatic heterocycles. The molecule has 11 heteroatoms. The van der Waals surface area contributed by atoms with E-state index in [9.17, 15) is 16.8 Å². The van der Waals surface area contributed by atoms with Gasteiger partial charge in [-0.15, -0.1) is 0 Å². The zero-order valence-electron chi connectivity index (χ0n) is 20.9. The van der Waals surface area contributed by atoms with E-state index < -0.39 is 20.0 Å². The standard InChI is InChI=1S/C24H39ClN4O4S2/c1-20-6-3-9-23(25)24(20)35(32,33)29-12-4-7-22(29)8-5-19-34(30,31)28-17-15-27(16-18-28)21-10-13-26(2)14-11-21/h3,6,9,21-22H,4-5,7-8,10-19H2,1-2H3/t22-/m1/s1. The van der Waals surface area contributed by atoms with Crippen molar-refractivity contribution in [2.45, 2.75) is 62.4 Å². The lowest BCUT2D eigenvalue weighted by atomic mass is 10.0. The molecule has 0 saturated carbocycles. The fraction of sp³-hybridized carbons (Fsp3) is 0.750. The van der Waals surface area contributed by atoms with Crippen molar-refractivity contribution in [3.63, 3.8) is 0 Å². The summed E-state index contributed by atoms with van der Waals surface area (Å²) < 4.78 is 56.0. The first-order chi connectivity index (χ1) is 16.6. The molecule has 0 N–H and O–H groups in total. The molecule has 4 rings (SSSR count). The lowest BCUT2D eigenvalue weighted by Crippen LogP contribution is -2.54. The van der Waals surface area contributed by atoms with Gasteiger partial charge in [0.1, 0.15) is 4.90 Å². The summed E-state index contributed by atoms with van der Waals surface area (Å²) in [5.41, 5.74) is 0.630. The first kappa shape index (κ1) is 27.3. The molecule has 0 radical (unpaired) electrons. The summed E-state index contributed by atoms with van der Waals surface area (Å²) in [6.45, 7) is 7.08. The Labute approximate surface area is 216 Å². The van der Waals surface area contributed by atoms with E-state index in [1.807, 2.05) is 0 Å². The Morgan fingerprint density at radius 1 is 0.943 bits per heavy atom. The molecule has 0 spiro atoms. The third-order valence-electron chi connectivity index (χ3n) is 7.86. The summed E-state index contributed by atoms with van der Waals surface area (Å²) in [5, 5.41) is 0.234. The summed E-state index contributed by atoms with van der Waals surface area (Å²) in [6.07, 6.45) is 4.82. The molecule has 1 atom stereocenters. The van der Waals surface area contributed by atoms with E-state index in [4.69, 9.17) is 11.6 Å². The highest BCUT2D eigenvalue weighted by atomic mass is 35.5. The van der Waals surface area contributed by atoms with Crippen LogP contribution in [0.15, 0.2) is 23.1 Å². The van der Waals surface area contributed by atoms with Gasteiger partial charge in [0.2, 0.25) is 20.0 Å². The van der Waals surface area contributed by atoms with E-state index in [1.54, 1.807) is 29.4 Å². The molecule has 35 heavy (non-hydrogen) atoms. The fourth-order valence-electron chi connectivity index (χ4n) is 5.81. The Hall–Kier alpha value is -0.750. The number of piperazine rings is 1. The Kier molecular flexibility index (Phi) is 8.83. The topological polar surface area (TPSA) is 81.2 Å². The normalized spacial score (nSPS) is 24.8. The molecule has 198 valence electrons. The average molecular weight is 547 g/mol. The van der Waals surface area contributed by atoms with Crippen LogP contribution in [0.4, 0.5) is 0 Å². The van der Waals surface area contributed by atoms with Crippen LogP contribution in [0, 0.1) is 6.92 Å². The van der Waals surface area contributed by atoms with Crippen LogP contribution in [0.3, 0.4) is 0 Å². The van der Waals surface area contributed by atoms with Crippen molar-refractivity contribution < 1.29 is 16.8 Å². The molecular weight excluding hydrogens is 508 g/mol. The van der Waals surface area contributed by atoms with Gasteiger partial charge in [-0.3, -0.25) is 4.90 Å². The predicted molar refractivity (Wildman–Crippen MR) is 140 cm³/mol. The first-order valence-electron chi connectivity index (χ1n) is 12.8. The van der Waals surface area contributed by atoms with E-state index in [0.717, 1.165) is 51.9 Å². The number of nitrogens with zero attached hydrogens (tertiary/aromatic N) is 4. The Balaban J connectivity index is 1.30. The van der Waals surface area contributed by atoms with E-state index in [1.165, 1.54) is 4.31 Å². The van der Waals surface area contributed by atoms with Gasteiger partial charge in [-0.1, -0.05) is 23.7 Å². The number of piperidine rings is 1. The number of sulfonamides is 2. The number of hydrogen-bond acceptors (Lipinski definition) is 6. The second-order valence-corrected chi connectivity index (χ2v) is 14.5. The molecule has 8 nitrogen and oxygen atoms in total. The van der Waals surface area contributed by atoms with Crippen molar-refractivity contribution in [2.75, 3.05) is 58.6 Å². The molecule has 1 aromatic rings. The highest BCUT2D eigenvalue weighted by Gasteiger charge is 2.37. The number of benzene rings is 1. The molecule has 0 aliphatic carbocycles. The number of aryl methyl sites for hydroxylation is 1. The zero-order chi connectivity index (χ0) is 25.2. The van der Waals surface area contributed by atoms with Crippen LogP contribution in [0.2, 0.25) is 5.02 Å². The lowest BCUT2D eigenvalue weighted by Gasteiger charge is -2.41. The quantitative estimate of drug-likeness (QED) is 0.498. The van der Waals surface area contributed by atoms with E-state index in [-0.39, 0.29) is 21.7 Å². The van der Waals surface area contributed by atoms with Crippen molar-refractivity contribution >= 4 is 31.6 Å². The third-order valence-corrected chi connectivity index (χ3v) is 12.4. The maximum Gasteiger partial charge on any atom is 0.245 e. The van der Waals surface area contributed by atoms with Crippen LogP contribution in [-0.4, -0.2) is 106 Å². The minimum Gasteiger partial charge on any atom is -0.306 e. The van der Waals surface area contributed by atoms with Gasteiger partial charge in [0.25, 0.3) is 0 Å². The largest absolute Gasteiger partial charge is 0.306 e. The SMILES string of the molecule is Cc1cccc(Cl)c1S(=O)(=O)N1CCC[C@@H]1CCCS(=O)(=O)N1CCN(C2CCN(C)CC2)CC1. The van der Waals surface area contributed by atoms with Gasteiger partial charge in [0, 0.05) is 44.8 Å². The first-order valence-corrected chi connectivity index (χ1v) is 16.2. The molecule has 3 heterocycles. The molecule has 3 aliphatic rings.